The van der Waals surface area contributed by atoms with Crippen LogP contribution < -0.4 is 25.0 Å². The molecule has 0 unspecified atom stereocenters. The van der Waals surface area contributed by atoms with Gasteiger partial charge in [-0.1, -0.05) is 18.2 Å². The Morgan fingerprint density at radius 2 is 1.62 bits per heavy atom. The van der Waals surface area contributed by atoms with Crippen molar-refractivity contribution >= 4 is 27.5 Å². The van der Waals surface area contributed by atoms with E-state index in [-0.39, 0.29) is 17.1 Å². The molecule has 0 aliphatic heterocycles. The molecule has 3 rings (SSSR count). The van der Waals surface area contributed by atoms with Crippen LogP contribution in [0.5, 0.6) is 11.5 Å². The third kappa shape index (κ3) is 6.48. The first-order chi connectivity index (χ1) is 16.2. The predicted octanol–water partition coefficient (Wildman–Crippen LogP) is 2.95. The van der Waals surface area contributed by atoms with Crippen LogP contribution in [0.4, 0.5) is 5.69 Å². The van der Waals surface area contributed by atoms with Crippen LogP contribution in [0.2, 0.25) is 0 Å². The van der Waals surface area contributed by atoms with Crippen molar-refractivity contribution in [1.82, 2.24) is 10.9 Å². The molecule has 2 amide bonds. The second kappa shape index (κ2) is 10.7. The van der Waals surface area contributed by atoms with Gasteiger partial charge in [0.2, 0.25) is 0 Å². The fraction of sp³-hybridized carbons (Fsp3) is 0.167. The van der Waals surface area contributed by atoms with Crippen molar-refractivity contribution in [2.75, 3.05) is 18.4 Å². The van der Waals surface area contributed by atoms with Crippen LogP contribution in [0.1, 0.15) is 21.5 Å². The first-order valence-electron chi connectivity index (χ1n) is 10.2. The van der Waals surface area contributed by atoms with Gasteiger partial charge in [-0.2, -0.15) is 0 Å². The lowest BCUT2D eigenvalue weighted by molar-refractivity contribution is -0.123. The van der Waals surface area contributed by atoms with Crippen molar-refractivity contribution in [2.24, 2.45) is 0 Å². The van der Waals surface area contributed by atoms with Gasteiger partial charge in [0, 0.05) is 11.3 Å². The van der Waals surface area contributed by atoms with Crippen molar-refractivity contribution in [1.29, 1.82) is 0 Å². The number of hydrazine groups is 1. The Hall–Kier alpha value is -4.05. The molecule has 0 atom stereocenters. The first kappa shape index (κ1) is 24.6. The van der Waals surface area contributed by atoms with E-state index >= 15 is 0 Å². The van der Waals surface area contributed by atoms with Gasteiger partial charge in [0.15, 0.2) is 6.61 Å². The molecular weight excluding hydrogens is 458 g/mol. The SMILES string of the molecule is COc1ccc(NS(=O)(=O)c2ccc(C)c(C(=O)NNC(=O)COc3cccc(C)c3)c2)cc1. The summed E-state index contributed by atoms with van der Waals surface area (Å²) in [5.74, 6) is -0.122. The Kier molecular flexibility index (Phi) is 7.75. The molecule has 0 spiro atoms. The quantitative estimate of drug-likeness (QED) is 0.424. The standard InChI is InChI=1S/C24H25N3O6S/c1-16-5-4-6-20(13-16)33-15-23(28)25-26-24(29)22-14-21(12-7-17(22)2)34(30,31)27-18-8-10-19(32-3)11-9-18/h4-14,27H,15H2,1-3H3,(H,25,28)(H,26,29). The minimum absolute atomic E-state index is 0.0949. The molecule has 3 N–H and O–H groups in total. The topological polar surface area (TPSA) is 123 Å². The lowest BCUT2D eigenvalue weighted by atomic mass is 10.1. The van der Waals surface area contributed by atoms with Crippen LogP contribution in [-0.2, 0) is 14.8 Å². The summed E-state index contributed by atoms with van der Waals surface area (Å²) in [5.41, 5.74) is 6.50. The first-order valence-corrected chi connectivity index (χ1v) is 11.7. The Morgan fingerprint density at radius 1 is 0.882 bits per heavy atom. The maximum absolute atomic E-state index is 12.8. The second-order valence-electron chi connectivity index (χ2n) is 7.42. The van der Waals surface area contributed by atoms with Crippen molar-refractivity contribution in [3.05, 3.63) is 83.4 Å². The molecule has 0 radical (unpaired) electrons. The number of rotatable bonds is 8. The van der Waals surface area contributed by atoms with E-state index in [1.54, 1.807) is 49.4 Å². The highest BCUT2D eigenvalue weighted by atomic mass is 32.2. The third-order valence-corrected chi connectivity index (χ3v) is 6.16. The summed E-state index contributed by atoms with van der Waals surface area (Å²) >= 11 is 0. The number of carbonyl (C=O) groups excluding carboxylic acids is 2. The van der Waals surface area contributed by atoms with E-state index in [4.69, 9.17) is 9.47 Å². The molecule has 9 nitrogen and oxygen atoms in total. The summed E-state index contributed by atoms with van der Waals surface area (Å²) in [5, 5.41) is 0. The van der Waals surface area contributed by atoms with Crippen molar-refractivity contribution in [3.8, 4) is 11.5 Å². The minimum atomic E-state index is -3.96. The average Bonchev–Trinajstić information content (AvgIpc) is 2.81. The van der Waals surface area contributed by atoms with Crippen LogP contribution in [-0.4, -0.2) is 33.9 Å². The molecular formula is C24H25N3O6S. The molecule has 3 aromatic rings. The second-order valence-corrected chi connectivity index (χ2v) is 9.10. The largest absolute Gasteiger partial charge is 0.497 e. The van der Waals surface area contributed by atoms with Crippen LogP contribution in [0.25, 0.3) is 0 Å². The van der Waals surface area contributed by atoms with Crippen LogP contribution >= 0.6 is 0 Å². The third-order valence-electron chi connectivity index (χ3n) is 4.78. The molecule has 0 aliphatic rings. The molecule has 10 heteroatoms. The number of benzene rings is 3. The number of hydrogen-bond acceptors (Lipinski definition) is 6. The maximum atomic E-state index is 12.8. The molecule has 34 heavy (non-hydrogen) atoms. The Morgan fingerprint density at radius 3 is 2.29 bits per heavy atom. The number of anilines is 1. The van der Waals surface area contributed by atoms with Gasteiger partial charge in [-0.3, -0.25) is 25.2 Å². The Labute approximate surface area is 198 Å². The van der Waals surface area contributed by atoms with E-state index in [9.17, 15) is 18.0 Å². The lowest BCUT2D eigenvalue weighted by Gasteiger charge is -2.13. The average molecular weight is 484 g/mol. The lowest BCUT2D eigenvalue weighted by Crippen LogP contribution is -2.44. The molecule has 0 aromatic heterocycles. The van der Waals surface area contributed by atoms with Crippen LogP contribution in [0.3, 0.4) is 0 Å². The smallest absolute Gasteiger partial charge is 0.276 e. The van der Waals surface area contributed by atoms with Gasteiger partial charge < -0.3 is 9.47 Å². The number of hydrogen-bond donors (Lipinski definition) is 3. The van der Waals surface area contributed by atoms with Gasteiger partial charge in [0.25, 0.3) is 21.8 Å². The molecule has 0 saturated carbocycles. The van der Waals surface area contributed by atoms with E-state index in [2.05, 4.69) is 15.6 Å². The number of nitrogens with one attached hydrogen (secondary N) is 3. The van der Waals surface area contributed by atoms with Gasteiger partial charge >= 0.3 is 0 Å². The van der Waals surface area contributed by atoms with Gasteiger partial charge in [0.05, 0.1) is 12.0 Å². The van der Waals surface area contributed by atoms with Crippen LogP contribution in [0, 0.1) is 13.8 Å². The van der Waals surface area contributed by atoms with Crippen LogP contribution in [0.15, 0.2) is 71.6 Å². The zero-order valence-electron chi connectivity index (χ0n) is 18.9. The number of sulfonamides is 1. The normalized spacial score (nSPS) is 10.8. The molecule has 0 aliphatic carbocycles. The summed E-state index contributed by atoms with van der Waals surface area (Å²) in [6, 6.07) is 17.7. The van der Waals surface area contributed by atoms with Gasteiger partial charge in [0.1, 0.15) is 11.5 Å². The van der Waals surface area contributed by atoms with Crippen molar-refractivity contribution in [2.45, 2.75) is 18.7 Å². The maximum Gasteiger partial charge on any atom is 0.276 e. The Balaban J connectivity index is 1.63. The fourth-order valence-corrected chi connectivity index (χ4v) is 4.05. The number of amides is 2. The summed E-state index contributed by atoms with van der Waals surface area (Å²) < 4.78 is 38.5. The van der Waals surface area contributed by atoms with Gasteiger partial charge in [-0.15, -0.1) is 0 Å². The molecule has 0 saturated heterocycles. The molecule has 0 bridgehead atoms. The summed E-state index contributed by atoms with van der Waals surface area (Å²) in [6.07, 6.45) is 0. The molecule has 3 aromatic carbocycles. The number of carbonyl (C=O) groups is 2. The highest BCUT2D eigenvalue weighted by molar-refractivity contribution is 7.92. The molecule has 0 fully saturated rings. The summed E-state index contributed by atoms with van der Waals surface area (Å²) in [6.45, 7) is 3.25. The zero-order chi connectivity index (χ0) is 24.7. The van der Waals surface area contributed by atoms with E-state index < -0.39 is 21.8 Å². The zero-order valence-corrected chi connectivity index (χ0v) is 19.7. The van der Waals surface area contributed by atoms with E-state index in [1.165, 1.54) is 25.3 Å². The highest BCUT2D eigenvalue weighted by Crippen LogP contribution is 2.21. The van der Waals surface area contributed by atoms with Gasteiger partial charge in [-0.05, 0) is 73.5 Å². The summed E-state index contributed by atoms with van der Waals surface area (Å²) in [7, 11) is -2.45. The van der Waals surface area contributed by atoms with Crippen molar-refractivity contribution < 1.29 is 27.5 Å². The number of ether oxygens (including phenoxy) is 2. The fourth-order valence-electron chi connectivity index (χ4n) is 2.97. The van der Waals surface area contributed by atoms with E-state index in [1.807, 2.05) is 13.0 Å². The molecule has 0 heterocycles. The minimum Gasteiger partial charge on any atom is -0.497 e. The summed E-state index contributed by atoms with van der Waals surface area (Å²) in [4.78, 5) is 24.5. The van der Waals surface area contributed by atoms with Gasteiger partial charge in [-0.25, -0.2) is 8.42 Å². The molecule has 178 valence electrons. The van der Waals surface area contributed by atoms with E-state index in [0.717, 1.165) is 5.56 Å². The number of methoxy groups -OCH3 is 1. The van der Waals surface area contributed by atoms with E-state index in [0.29, 0.717) is 22.7 Å². The Bertz CT molecular complexity index is 1290. The predicted molar refractivity (Wildman–Crippen MR) is 127 cm³/mol. The van der Waals surface area contributed by atoms with Crippen molar-refractivity contribution in [3.63, 3.8) is 0 Å². The highest BCUT2D eigenvalue weighted by Gasteiger charge is 2.19. The monoisotopic (exact) mass is 483 g/mol. The number of aryl methyl sites for hydroxylation is 2.